The number of rotatable bonds is 5. The first kappa shape index (κ1) is 17.7. The van der Waals surface area contributed by atoms with Crippen LogP contribution in [-0.2, 0) is 4.79 Å². The fourth-order valence-electron chi connectivity index (χ4n) is 2.88. The average molecular weight is 383 g/mol. The minimum atomic E-state index is -0.362. The predicted molar refractivity (Wildman–Crippen MR) is 105 cm³/mol. The molecule has 1 fully saturated rings. The van der Waals surface area contributed by atoms with E-state index in [1.165, 1.54) is 17.8 Å². The molecule has 3 aromatic rings. The number of aryl methyl sites for hydroxylation is 1. The molecule has 1 heterocycles. The van der Waals surface area contributed by atoms with Crippen molar-refractivity contribution >= 4 is 34.3 Å². The normalized spacial score (nSPS) is 13.7. The Bertz CT molecular complexity index is 1090. The summed E-state index contributed by atoms with van der Waals surface area (Å²) < 4.78 is 15.3. The maximum atomic E-state index is 13.6. The molecule has 0 bridgehead atoms. The van der Waals surface area contributed by atoms with Gasteiger partial charge in [-0.2, -0.15) is 0 Å². The Morgan fingerprint density at radius 2 is 2.07 bits per heavy atom. The first-order valence-electron chi connectivity index (χ1n) is 8.73. The molecule has 0 saturated heterocycles. The van der Waals surface area contributed by atoms with Gasteiger partial charge in [0, 0.05) is 11.7 Å². The number of fused-ring (bicyclic) bond motifs is 1. The van der Waals surface area contributed by atoms with Gasteiger partial charge in [-0.1, -0.05) is 30.0 Å². The van der Waals surface area contributed by atoms with Crippen LogP contribution in [0.15, 0.2) is 52.4 Å². The Morgan fingerprint density at radius 1 is 1.30 bits per heavy atom. The number of para-hydroxylation sites is 1. The molecule has 0 unspecified atom stereocenters. The third kappa shape index (κ3) is 3.73. The zero-order valence-electron chi connectivity index (χ0n) is 14.7. The highest BCUT2D eigenvalue weighted by Gasteiger charge is 2.28. The fourth-order valence-corrected chi connectivity index (χ4v) is 3.75. The van der Waals surface area contributed by atoms with Crippen molar-refractivity contribution in [3.63, 3.8) is 0 Å². The van der Waals surface area contributed by atoms with Gasteiger partial charge in [-0.3, -0.25) is 14.2 Å². The van der Waals surface area contributed by atoms with Gasteiger partial charge in [-0.25, -0.2) is 9.37 Å². The molecule has 1 aliphatic carbocycles. The SMILES string of the molecule is Cc1ccc(NC(=O)CSc2nc3ccccc3c(=O)n2C2CC2)cc1F. The summed E-state index contributed by atoms with van der Waals surface area (Å²) in [4.78, 5) is 29.6. The van der Waals surface area contributed by atoms with Crippen LogP contribution in [0, 0.1) is 12.7 Å². The molecule has 7 heteroatoms. The van der Waals surface area contributed by atoms with Gasteiger partial charge in [0.05, 0.1) is 16.7 Å². The molecule has 1 aromatic heterocycles. The van der Waals surface area contributed by atoms with E-state index in [1.807, 2.05) is 12.1 Å². The lowest BCUT2D eigenvalue weighted by Crippen LogP contribution is -2.23. The lowest BCUT2D eigenvalue weighted by atomic mass is 10.2. The van der Waals surface area contributed by atoms with Gasteiger partial charge < -0.3 is 5.32 Å². The molecule has 0 spiro atoms. The first-order chi connectivity index (χ1) is 13.0. The number of aromatic nitrogens is 2. The second-order valence-electron chi connectivity index (χ2n) is 6.62. The average Bonchev–Trinajstić information content (AvgIpc) is 3.48. The number of thioether (sulfide) groups is 1. The van der Waals surface area contributed by atoms with Gasteiger partial charge in [0.15, 0.2) is 5.16 Å². The highest BCUT2D eigenvalue weighted by atomic mass is 32.2. The number of halogens is 1. The maximum Gasteiger partial charge on any atom is 0.262 e. The largest absolute Gasteiger partial charge is 0.325 e. The summed E-state index contributed by atoms with van der Waals surface area (Å²) in [7, 11) is 0. The third-order valence-corrected chi connectivity index (χ3v) is 5.43. The summed E-state index contributed by atoms with van der Waals surface area (Å²) >= 11 is 1.23. The fraction of sp³-hybridized carbons (Fsp3) is 0.250. The van der Waals surface area contributed by atoms with Crippen LogP contribution in [-0.4, -0.2) is 21.2 Å². The van der Waals surface area contributed by atoms with Crippen LogP contribution in [0.1, 0.15) is 24.4 Å². The van der Waals surface area contributed by atoms with Gasteiger partial charge in [0.25, 0.3) is 5.56 Å². The molecule has 4 rings (SSSR count). The number of nitrogens with zero attached hydrogens (tertiary/aromatic N) is 2. The Kier molecular flexibility index (Phi) is 4.70. The van der Waals surface area contributed by atoms with Crippen molar-refractivity contribution in [2.24, 2.45) is 0 Å². The molecule has 1 N–H and O–H groups in total. The summed E-state index contributed by atoms with van der Waals surface area (Å²) in [5, 5.41) is 3.82. The summed E-state index contributed by atoms with van der Waals surface area (Å²) in [5.74, 6) is -0.542. The number of amides is 1. The molecular weight excluding hydrogens is 365 g/mol. The number of benzene rings is 2. The lowest BCUT2D eigenvalue weighted by Gasteiger charge is -2.12. The summed E-state index contributed by atoms with van der Waals surface area (Å²) in [5.41, 5.74) is 1.50. The van der Waals surface area contributed by atoms with Gasteiger partial charge in [-0.15, -0.1) is 0 Å². The van der Waals surface area contributed by atoms with Crippen molar-refractivity contribution in [2.45, 2.75) is 31.0 Å². The van der Waals surface area contributed by atoms with E-state index in [2.05, 4.69) is 10.3 Å². The Balaban J connectivity index is 1.54. The zero-order chi connectivity index (χ0) is 19.0. The molecule has 0 aliphatic heterocycles. The van der Waals surface area contributed by atoms with Crippen LogP contribution in [0.3, 0.4) is 0 Å². The van der Waals surface area contributed by atoms with E-state index in [0.717, 1.165) is 12.8 Å². The standard InChI is InChI=1S/C20H18FN3O2S/c1-12-6-7-13(10-16(12)21)22-18(25)11-27-20-23-17-5-3-2-4-15(17)19(26)24(20)14-8-9-14/h2-7,10,14H,8-9,11H2,1H3,(H,22,25). The van der Waals surface area contributed by atoms with Crippen LogP contribution in [0.25, 0.3) is 10.9 Å². The third-order valence-electron chi connectivity index (χ3n) is 4.48. The van der Waals surface area contributed by atoms with Crippen molar-refractivity contribution in [1.82, 2.24) is 9.55 Å². The van der Waals surface area contributed by atoms with Gasteiger partial charge in [0.2, 0.25) is 5.91 Å². The van der Waals surface area contributed by atoms with E-state index in [4.69, 9.17) is 0 Å². The zero-order valence-corrected chi connectivity index (χ0v) is 15.6. The molecule has 1 amide bonds. The monoisotopic (exact) mass is 383 g/mol. The Labute approximate surface area is 159 Å². The second kappa shape index (κ2) is 7.15. The number of carbonyl (C=O) groups excluding carboxylic acids is 1. The van der Waals surface area contributed by atoms with E-state index in [-0.39, 0.29) is 29.1 Å². The minimum Gasteiger partial charge on any atom is -0.325 e. The van der Waals surface area contributed by atoms with E-state index in [1.54, 1.807) is 35.8 Å². The number of anilines is 1. The molecule has 0 radical (unpaired) electrons. The smallest absolute Gasteiger partial charge is 0.262 e. The summed E-state index contributed by atoms with van der Waals surface area (Å²) in [6.45, 7) is 1.67. The van der Waals surface area contributed by atoms with Gasteiger partial charge in [-0.05, 0) is 49.6 Å². The number of carbonyl (C=O) groups is 1. The lowest BCUT2D eigenvalue weighted by molar-refractivity contribution is -0.113. The topological polar surface area (TPSA) is 64.0 Å². The molecule has 1 aliphatic rings. The van der Waals surface area contributed by atoms with Gasteiger partial charge >= 0.3 is 0 Å². The predicted octanol–water partition coefficient (Wildman–Crippen LogP) is 3.91. The number of hydrogen-bond donors (Lipinski definition) is 1. The quantitative estimate of drug-likeness (QED) is 0.536. The summed E-state index contributed by atoms with van der Waals surface area (Å²) in [6, 6.07) is 12.0. The van der Waals surface area contributed by atoms with Crippen LogP contribution < -0.4 is 10.9 Å². The van der Waals surface area contributed by atoms with Crippen LogP contribution in [0.2, 0.25) is 0 Å². The first-order valence-corrected chi connectivity index (χ1v) is 9.71. The van der Waals surface area contributed by atoms with Crippen LogP contribution in [0.5, 0.6) is 0 Å². The van der Waals surface area contributed by atoms with Gasteiger partial charge in [0.1, 0.15) is 5.82 Å². The molecule has 0 atom stereocenters. The van der Waals surface area contributed by atoms with Crippen molar-refractivity contribution in [3.8, 4) is 0 Å². The molecular formula is C20H18FN3O2S. The Morgan fingerprint density at radius 3 is 2.81 bits per heavy atom. The highest BCUT2D eigenvalue weighted by molar-refractivity contribution is 7.99. The van der Waals surface area contributed by atoms with E-state index < -0.39 is 0 Å². The van der Waals surface area contributed by atoms with E-state index >= 15 is 0 Å². The highest BCUT2D eigenvalue weighted by Crippen LogP contribution is 2.36. The molecule has 1 saturated carbocycles. The maximum absolute atomic E-state index is 13.6. The number of hydrogen-bond acceptors (Lipinski definition) is 4. The molecule has 5 nitrogen and oxygen atoms in total. The number of nitrogens with one attached hydrogen (secondary N) is 1. The van der Waals surface area contributed by atoms with Crippen molar-refractivity contribution < 1.29 is 9.18 Å². The van der Waals surface area contributed by atoms with Crippen LogP contribution in [0.4, 0.5) is 10.1 Å². The minimum absolute atomic E-state index is 0.0633. The molecule has 2 aromatic carbocycles. The molecule has 138 valence electrons. The molecule has 27 heavy (non-hydrogen) atoms. The second-order valence-corrected chi connectivity index (χ2v) is 7.56. The Hall–Kier alpha value is -2.67. The van der Waals surface area contributed by atoms with Crippen molar-refractivity contribution in [1.29, 1.82) is 0 Å². The summed E-state index contributed by atoms with van der Waals surface area (Å²) in [6.07, 6.45) is 1.89. The van der Waals surface area contributed by atoms with E-state index in [9.17, 15) is 14.0 Å². The van der Waals surface area contributed by atoms with Crippen molar-refractivity contribution in [3.05, 3.63) is 64.2 Å². The van der Waals surface area contributed by atoms with Crippen molar-refractivity contribution in [2.75, 3.05) is 11.1 Å². The van der Waals surface area contributed by atoms with E-state index in [0.29, 0.717) is 27.3 Å². The van der Waals surface area contributed by atoms with Crippen LogP contribution >= 0.6 is 11.8 Å².